The molecule has 5 nitrogen and oxygen atoms in total. The topological polar surface area (TPSA) is 50.0 Å². The zero-order chi connectivity index (χ0) is 19.8. The zero-order valence-electron chi connectivity index (χ0n) is 16.3. The molecule has 1 atom stereocenters. The Kier molecular flexibility index (Phi) is 5.34. The van der Waals surface area contributed by atoms with E-state index in [4.69, 9.17) is 16.6 Å². The number of rotatable bonds is 5. The van der Waals surface area contributed by atoms with E-state index < -0.39 is 0 Å². The van der Waals surface area contributed by atoms with Crippen LogP contribution in [0.15, 0.2) is 40.3 Å². The quantitative estimate of drug-likeness (QED) is 0.659. The molecule has 28 heavy (non-hydrogen) atoms. The van der Waals surface area contributed by atoms with Crippen molar-refractivity contribution in [2.75, 3.05) is 12.1 Å². The summed E-state index contributed by atoms with van der Waals surface area (Å²) < 4.78 is 2.24. The van der Waals surface area contributed by atoms with Crippen LogP contribution < -0.4 is 0 Å². The van der Waals surface area contributed by atoms with Gasteiger partial charge in [0.1, 0.15) is 11.9 Å². The molecule has 0 radical (unpaired) electrons. The number of nitrogens with zero attached hydrogens (tertiary/aromatic N) is 4. The first kappa shape index (κ1) is 19.3. The van der Waals surface area contributed by atoms with Gasteiger partial charge < -0.3 is 4.57 Å². The lowest BCUT2D eigenvalue weighted by molar-refractivity contribution is -0.119. The van der Waals surface area contributed by atoms with Crippen molar-refractivity contribution in [3.8, 4) is 11.3 Å². The number of carbonyl (C=O) groups excluding carboxylic acids is 1. The smallest absolute Gasteiger partial charge is 0.270 e. The van der Waals surface area contributed by atoms with Crippen LogP contribution in [0.4, 0.5) is 5.82 Å². The fourth-order valence-corrected chi connectivity index (χ4v) is 4.76. The van der Waals surface area contributed by atoms with E-state index in [0.29, 0.717) is 12.3 Å². The molecule has 2 aliphatic heterocycles. The molecule has 2 aliphatic rings. The Bertz CT molecular complexity index is 980. The summed E-state index contributed by atoms with van der Waals surface area (Å²) in [6.45, 7) is 4.89. The highest BCUT2D eigenvalue weighted by molar-refractivity contribution is 8.13. The van der Waals surface area contributed by atoms with E-state index in [1.165, 1.54) is 0 Å². The van der Waals surface area contributed by atoms with Gasteiger partial charge in [0.25, 0.3) is 5.91 Å². The normalized spacial score (nSPS) is 18.1. The van der Waals surface area contributed by atoms with E-state index in [0.717, 1.165) is 52.2 Å². The first-order valence-corrected chi connectivity index (χ1v) is 11.3. The molecule has 7 heteroatoms. The average molecular weight is 415 g/mol. The van der Waals surface area contributed by atoms with E-state index in [9.17, 15) is 4.79 Å². The van der Waals surface area contributed by atoms with Crippen molar-refractivity contribution >= 4 is 46.1 Å². The van der Waals surface area contributed by atoms with Gasteiger partial charge in [-0.2, -0.15) is 4.99 Å². The molecule has 0 aliphatic carbocycles. The molecule has 3 heterocycles. The van der Waals surface area contributed by atoms with E-state index in [-0.39, 0.29) is 11.9 Å². The monoisotopic (exact) mass is 414 g/mol. The predicted octanol–water partition coefficient (Wildman–Crippen LogP) is 4.82. The molecule has 1 aromatic heterocycles. The lowest BCUT2D eigenvalue weighted by atomic mass is 10.0. The van der Waals surface area contributed by atoms with E-state index >= 15 is 0 Å². The highest BCUT2D eigenvalue weighted by atomic mass is 35.5. The summed E-state index contributed by atoms with van der Waals surface area (Å²) in [5.41, 5.74) is 4.33. The number of halogens is 1. The molecule has 2 aromatic rings. The summed E-state index contributed by atoms with van der Waals surface area (Å²) in [6, 6.07) is 10.1. The number of aliphatic imine (C=N–C) groups is 2. The number of aromatic nitrogens is 1. The molecule has 4 rings (SSSR count). The van der Waals surface area contributed by atoms with Crippen LogP contribution in [0.5, 0.6) is 0 Å². The van der Waals surface area contributed by atoms with Crippen molar-refractivity contribution in [2.24, 2.45) is 9.98 Å². The first-order valence-electron chi connectivity index (χ1n) is 9.51. The van der Waals surface area contributed by atoms with Gasteiger partial charge in [-0.05, 0) is 37.1 Å². The number of amides is 1. The number of carbonyl (C=O) groups is 1. The van der Waals surface area contributed by atoms with Gasteiger partial charge in [0.15, 0.2) is 11.0 Å². The molecule has 0 N–H and O–H groups in total. The van der Waals surface area contributed by atoms with Crippen LogP contribution in [-0.2, 0) is 11.3 Å². The van der Waals surface area contributed by atoms with Crippen molar-refractivity contribution in [2.45, 2.75) is 39.3 Å². The van der Waals surface area contributed by atoms with Crippen LogP contribution >= 0.6 is 23.4 Å². The fraction of sp³-hybridized carbons (Fsp3) is 0.381. The van der Waals surface area contributed by atoms with Crippen molar-refractivity contribution in [1.82, 2.24) is 9.47 Å². The van der Waals surface area contributed by atoms with Crippen LogP contribution in [0.25, 0.3) is 11.3 Å². The Morgan fingerprint density at radius 2 is 1.96 bits per heavy atom. The van der Waals surface area contributed by atoms with Crippen LogP contribution in [0, 0.1) is 6.92 Å². The number of thioether (sulfide) groups is 1. The van der Waals surface area contributed by atoms with Gasteiger partial charge in [0, 0.05) is 12.4 Å². The molecule has 1 amide bonds. The zero-order valence-corrected chi connectivity index (χ0v) is 17.8. The molecular weight excluding hydrogens is 392 g/mol. The number of amidine groups is 2. The standard InChI is InChI=1S/C21H23ClN4OS/c1-4-15-20(27)23-19-16-13(2)17(14-9-6-5-7-10-14)25(12-8-11-22)18(16)24-21(28-3)26(15)19/h5-7,9-10,15H,4,8,11-12H2,1-3H3. The van der Waals surface area contributed by atoms with E-state index in [1.54, 1.807) is 11.8 Å². The lowest BCUT2D eigenvalue weighted by Crippen LogP contribution is -2.43. The number of benzene rings is 1. The van der Waals surface area contributed by atoms with Crippen LogP contribution in [0.3, 0.4) is 0 Å². The second kappa shape index (κ2) is 7.76. The number of alkyl halides is 1. The summed E-state index contributed by atoms with van der Waals surface area (Å²) in [5, 5.41) is 0.827. The highest BCUT2D eigenvalue weighted by Gasteiger charge is 2.43. The third kappa shape index (κ3) is 2.90. The van der Waals surface area contributed by atoms with E-state index in [2.05, 4.69) is 28.6 Å². The Morgan fingerprint density at radius 1 is 1.21 bits per heavy atom. The molecule has 0 saturated heterocycles. The van der Waals surface area contributed by atoms with Gasteiger partial charge in [-0.15, -0.1) is 11.6 Å². The van der Waals surface area contributed by atoms with E-state index in [1.807, 2.05) is 36.3 Å². The second-order valence-corrected chi connectivity index (χ2v) is 8.05. The Hall–Kier alpha value is -2.05. The van der Waals surface area contributed by atoms with Crippen molar-refractivity contribution in [1.29, 1.82) is 0 Å². The fourth-order valence-electron chi connectivity index (χ4n) is 4.05. The summed E-state index contributed by atoms with van der Waals surface area (Å²) in [5.74, 6) is 2.13. The van der Waals surface area contributed by atoms with Gasteiger partial charge in [0.2, 0.25) is 0 Å². The third-order valence-electron chi connectivity index (χ3n) is 5.28. The minimum Gasteiger partial charge on any atom is -0.325 e. The van der Waals surface area contributed by atoms with Gasteiger partial charge in [-0.3, -0.25) is 9.69 Å². The first-order chi connectivity index (χ1) is 13.6. The molecule has 146 valence electrons. The molecule has 1 unspecified atom stereocenters. The molecule has 0 bridgehead atoms. The lowest BCUT2D eigenvalue weighted by Gasteiger charge is -2.29. The minimum absolute atomic E-state index is 0.0822. The van der Waals surface area contributed by atoms with Crippen molar-refractivity contribution < 1.29 is 4.79 Å². The SMILES string of the molecule is CCC1C(=O)N=C2c3c(C)c(-c4ccccc4)n(CCCCl)c3N=C(SC)N21. The number of fused-ring (bicyclic) bond motifs is 3. The Balaban J connectivity index is 1.98. The van der Waals surface area contributed by atoms with Gasteiger partial charge >= 0.3 is 0 Å². The Labute approximate surface area is 174 Å². The Morgan fingerprint density at radius 3 is 2.61 bits per heavy atom. The largest absolute Gasteiger partial charge is 0.325 e. The molecular formula is C21H23ClN4OS. The van der Waals surface area contributed by atoms with Gasteiger partial charge in [-0.25, -0.2) is 4.99 Å². The number of hydrogen-bond acceptors (Lipinski definition) is 4. The van der Waals surface area contributed by atoms with Crippen LogP contribution in [0.1, 0.15) is 30.9 Å². The maximum Gasteiger partial charge on any atom is 0.270 e. The average Bonchev–Trinajstić information content (AvgIpc) is 3.19. The predicted molar refractivity (Wildman–Crippen MR) is 118 cm³/mol. The summed E-state index contributed by atoms with van der Waals surface area (Å²) in [7, 11) is 0. The van der Waals surface area contributed by atoms with Crippen molar-refractivity contribution in [3.63, 3.8) is 0 Å². The van der Waals surface area contributed by atoms with Gasteiger partial charge in [0.05, 0.1) is 11.3 Å². The summed E-state index contributed by atoms with van der Waals surface area (Å²) >= 11 is 7.57. The maximum absolute atomic E-state index is 12.6. The highest BCUT2D eigenvalue weighted by Crippen LogP contribution is 2.42. The van der Waals surface area contributed by atoms with Gasteiger partial charge in [-0.1, -0.05) is 49.0 Å². The minimum atomic E-state index is -0.264. The number of hydrogen-bond donors (Lipinski definition) is 0. The summed E-state index contributed by atoms with van der Waals surface area (Å²) in [4.78, 5) is 24.0. The maximum atomic E-state index is 12.6. The molecule has 0 spiro atoms. The van der Waals surface area contributed by atoms with Crippen LogP contribution in [-0.4, -0.2) is 44.6 Å². The molecule has 0 saturated carbocycles. The molecule has 1 aromatic carbocycles. The third-order valence-corrected chi connectivity index (χ3v) is 6.20. The molecule has 0 fully saturated rings. The second-order valence-electron chi connectivity index (χ2n) is 6.90. The van der Waals surface area contributed by atoms with Crippen LogP contribution in [0.2, 0.25) is 0 Å². The van der Waals surface area contributed by atoms with Crippen molar-refractivity contribution in [3.05, 3.63) is 41.5 Å². The summed E-state index contributed by atoms with van der Waals surface area (Å²) in [6.07, 6.45) is 3.55.